The van der Waals surface area contributed by atoms with Crippen molar-refractivity contribution in [1.82, 2.24) is 0 Å². The lowest BCUT2D eigenvalue weighted by Crippen LogP contribution is -1.97. The topological polar surface area (TPSA) is 57.9 Å². The fourth-order valence-corrected chi connectivity index (χ4v) is 2.87. The standard InChI is InChI=1S/C8H5Cl2NO2S2/c9-3-5-1-6(4-11)8(14)7(2-5)15(10,12)13/h1-2,14H,3H2. The highest BCUT2D eigenvalue weighted by atomic mass is 35.7. The Bertz CT molecular complexity index is 534. The summed E-state index contributed by atoms with van der Waals surface area (Å²) in [7, 11) is 1.28. The summed E-state index contributed by atoms with van der Waals surface area (Å²) < 4.78 is 22.3. The van der Waals surface area contributed by atoms with Crippen LogP contribution in [0.1, 0.15) is 11.1 Å². The second-order valence-corrected chi connectivity index (χ2v) is 5.92. The molecule has 0 atom stereocenters. The highest BCUT2D eigenvalue weighted by Gasteiger charge is 2.17. The molecular formula is C8H5Cl2NO2S2. The van der Waals surface area contributed by atoms with Crippen LogP contribution in [0, 0.1) is 11.3 Å². The van der Waals surface area contributed by atoms with Gasteiger partial charge < -0.3 is 0 Å². The fraction of sp³-hybridized carbons (Fsp3) is 0.125. The van der Waals surface area contributed by atoms with Crippen molar-refractivity contribution in [3.8, 4) is 6.07 Å². The molecule has 1 aromatic rings. The molecule has 0 unspecified atom stereocenters. The van der Waals surface area contributed by atoms with Crippen LogP contribution in [0.25, 0.3) is 0 Å². The molecule has 0 fully saturated rings. The van der Waals surface area contributed by atoms with Crippen molar-refractivity contribution in [2.75, 3.05) is 0 Å². The van der Waals surface area contributed by atoms with Gasteiger partial charge in [0.2, 0.25) is 0 Å². The molecule has 0 heterocycles. The maximum atomic E-state index is 11.2. The van der Waals surface area contributed by atoms with Crippen LogP contribution in [0.3, 0.4) is 0 Å². The minimum Gasteiger partial charge on any atom is -0.207 e. The minimum absolute atomic E-state index is 0.0429. The molecule has 3 nitrogen and oxygen atoms in total. The number of benzene rings is 1. The van der Waals surface area contributed by atoms with Gasteiger partial charge >= 0.3 is 0 Å². The molecule has 0 radical (unpaired) electrons. The van der Waals surface area contributed by atoms with Gasteiger partial charge in [-0.05, 0) is 17.7 Å². The zero-order valence-electron chi connectivity index (χ0n) is 7.24. The van der Waals surface area contributed by atoms with Gasteiger partial charge in [-0.1, -0.05) is 0 Å². The van der Waals surface area contributed by atoms with Gasteiger partial charge in [-0.15, -0.1) is 24.2 Å². The third kappa shape index (κ3) is 2.79. The smallest absolute Gasteiger partial charge is 0.207 e. The number of rotatable bonds is 2. The van der Waals surface area contributed by atoms with Gasteiger partial charge in [0.05, 0.1) is 10.5 Å². The van der Waals surface area contributed by atoms with Gasteiger partial charge in [-0.3, -0.25) is 0 Å². The van der Waals surface area contributed by atoms with Crippen molar-refractivity contribution in [2.45, 2.75) is 15.7 Å². The Labute approximate surface area is 102 Å². The van der Waals surface area contributed by atoms with Gasteiger partial charge in [-0.2, -0.15) is 5.26 Å². The molecule has 1 rings (SSSR count). The average molecular weight is 282 g/mol. The third-order valence-corrected chi connectivity index (χ3v) is 3.96. The first-order chi connectivity index (χ1) is 6.90. The summed E-state index contributed by atoms with van der Waals surface area (Å²) in [6.45, 7) is 0. The van der Waals surface area contributed by atoms with Gasteiger partial charge in [0.15, 0.2) is 0 Å². The van der Waals surface area contributed by atoms with Crippen molar-refractivity contribution in [1.29, 1.82) is 5.26 Å². The van der Waals surface area contributed by atoms with Gasteiger partial charge in [0.25, 0.3) is 9.05 Å². The normalized spacial score (nSPS) is 11.1. The van der Waals surface area contributed by atoms with E-state index >= 15 is 0 Å². The van der Waals surface area contributed by atoms with Crippen molar-refractivity contribution in [3.05, 3.63) is 23.3 Å². The first kappa shape index (κ1) is 12.7. The molecule has 0 saturated carbocycles. The minimum atomic E-state index is -3.91. The van der Waals surface area contributed by atoms with E-state index in [1.54, 1.807) is 0 Å². The number of nitrogens with zero attached hydrogens (tertiary/aromatic N) is 1. The second-order valence-electron chi connectivity index (χ2n) is 2.67. The molecule has 0 aromatic heterocycles. The maximum absolute atomic E-state index is 11.2. The summed E-state index contributed by atoms with van der Waals surface area (Å²) in [4.78, 5) is -0.149. The number of halogens is 2. The van der Waals surface area contributed by atoms with Crippen LogP contribution in [0.2, 0.25) is 0 Å². The largest absolute Gasteiger partial charge is 0.262 e. The monoisotopic (exact) mass is 281 g/mol. The van der Waals surface area contributed by atoms with E-state index in [0.717, 1.165) is 0 Å². The van der Waals surface area contributed by atoms with Crippen LogP contribution in [0.4, 0.5) is 0 Å². The zero-order valence-corrected chi connectivity index (χ0v) is 10.5. The number of hydrogen-bond donors (Lipinski definition) is 1. The van der Waals surface area contributed by atoms with Crippen LogP contribution in [-0.2, 0) is 14.9 Å². The molecular weight excluding hydrogens is 277 g/mol. The number of nitriles is 1. The lowest BCUT2D eigenvalue weighted by Gasteiger charge is -2.05. The molecule has 0 aliphatic carbocycles. The number of alkyl halides is 1. The molecule has 0 aliphatic heterocycles. The molecule has 7 heteroatoms. The zero-order chi connectivity index (χ0) is 11.6. The van der Waals surface area contributed by atoms with E-state index in [4.69, 9.17) is 27.5 Å². The van der Waals surface area contributed by atoms with E-state index in [1.165, 1.54) is 12.1 Å². The summed E-state index contributed by atoms with van der Waals surface area (Å²) in [6, 6.07) is 4.60. The van der Waals surface area contributed by atoms with Crippen LogP contribution in [-0.4, -0.2) is 8.42 Å². The summed E-state index contributed by atoms with van der Waals surface area (Å²) in [5.74, 6) is 0.0994. The van der Waals surface area contributed by atoms with Crippen molar-refractivity contribution >= 4 is 44.0 Å². The van der Waals surface area contributed by atoms with Gasteiger partial charge in [0, 0.05) is 21.5 Å². The van der Waals surface area contributed by atoms with E-state index in [1.807, 2.05) is 6.07 Å². The van der Waals surface area contributed by atoms with Gasteiger partial charge in [0.1, 0.15) is 6.07 Å². The van der Waals surface area contributed by atoms with E-state index in [-0.39, 0.29) is 21.2 Å². The van der Waals surface area contributed by atoms with E-state index in [0.29, 0.717) is 5.56 Å². The second kappa shape index (κ2) is 4.62. The highest BCUT2D eigenvalue weighted by Crippen LogP contribution is 2.28. The molecule has 0 amide bonds. The van der Waals surface area contributed by atoms with E-state index < -0.39 is 9.05 Å². The van der Waals surface area contributed by atoms with Crippen LogP contribution in [0.15, 0.2) is 21.9 Å². The van der Waals surface area contributed by atoms with Crippen molar-refractivity contribution in [2.24, 2.45) is 0 Å². The predicted octanol–water partition coefficient (Wildman–Crippen LogP) is 2.51. The SMILES string of the molecule is N#Cc1cc(CCl)cc(S(=O)(=O)Cl)c1S. The van der Waals surface area contributed by atoms with Crippen molar-refractivity contribution < 1.29 is 8.42 Å². The summed E-state index contributed by atoms with van der Waals surface area (Å²) in [5.41, 5.74) is 0.640. The fourth-order valence-electron chi connectivity index (χ4n) is 1.01. The van der Waals surface area contributed by atoms with Crippen LogP contribution >= 0.6 is 34.9 Å². The summed E-state index contributed by atoms with van der Waals surface area (Å²) >= 11 is 9.50. The molecule has 15 heavy (non-hydrogen) atoms. The van der Waals surface area contributed by atoms with Gasteiger partial charge in [-0.25, -0.2) is 8.42 Å². The Morgan fingerprint density at radius 2 is 2.07 bits per heavy atom. The molecule has 0 spiro atoms. The summed E-state index contributed by atoms with van der Waals surface area (Å²) in [6.07, 6.45) is 0. The molecule has 0 saturated heterocycles. The Kier molecular flexibility index (Phi) is 3.90. The highest BCUT2D eigenvalue weighted by molar-refractivity contribution is 8.14. The van der Waals surface area contributed by atoms with Crippen LogP contribution < -0.4 is 0 Å². The average Bonchev–Trinajstić information content (AvgIpc) is 2.16. The Morgan fingerprint density at radius 1 is 1.47 bits per heavy atom. The molecule has 1 aromatic carbocycles. The maximum Gasteiger partial charge on any atom is 0.262 e. The Morgan fingerprint density at radius 3 is 2.47 bits per heavy atom. The molecule has 0 bridgehead atoms. The third-order valence-electron chi connectivity index (χ3n) is 1.67. The molecule has 0 N–H and O–H groups in total. The van der Waals surface area contributed by atoms with E-state index in [2.05, 4.69) is 12.6 Å². The Balaban J connectivity index is 3.61. The van der Waals surface area contributed by atoms with Crippen molar-refractivity contribution in [3.63, 3.8) is 0 Å². The summed E-state index contributed by atoms with van der Waals surface area (Å²) in [5, 5.41) is 8.75. The van der Waals surface area contributed by atoms with Crippen LogP contribution in [0.5, 0.6) is 0 Å². The lowest BCUT2D eigenvalue weighted by molar-refractivity contribution is 0.607. The lowest BCUT2D eigenvalue weighted by atomic mass is 10.1. The number of thiol groups is 1. The number of hydrogen-bond acceptors (Lipinski definition) is 4. The first-order valence-corrected chi connectivity index (χ1v) is 6.96. The molecule has 80 valence electrons. The molecule has 0 aliphatic rings. The Hall–Kier alpha value is -0.410. The van der Waals surface area contributed by atoms with E-state index in [9.17, 15) is 8.42 Å². The predicted molar refractivity (Wildman–Crippen MR) is 61.0 cm³/mol. The quantitative estimate of drug-likeness (QED) is 0.515. The first-order valence-electron chi connectivity index (χ1n) is 3.66.